The molecule has 0 saturated carbocycles. The lowest BCUT2D eigenvalue weighted by Gasteiger charge is -2.08. The molecule has 0 amide bonds. The van der Waals surface area contributed by atoms with E-state index < -0.39 is 10.8 Å². The molecule has 0 aromatic heterocycles. The van der Waals surface area contributed by atoms with Gasteiger partial charge in [0.1, 0.15) is 0 Å². The Bertz CT molecular complexity index is 404. The van der Waals surface area contributed by atoms with Gasteiger partial charge in [0, 0.05) is 22.0 Å². The molecule has 0 saturated heterocycles. The average Bonchev–Trinajstić information content (AvgIpc) is 2.16. The van der Waals surface area contributed by atoms with E-state index in [-0.39, 0.29) is 5.92 Å². The molecule has 0 radical (unpaired) electrons. The summed E-state index contributed by atoms with van der Waals surface area (Å²) in [5, 5.41) is 8.87. The summed E-state index contributed by atoms with van der Waals surface area (Å²) in [7, 11) is -0.975. The van der Waals surface area contributed by atoms with Crippen molar-refractivity contribution in [1.82, 2.24) is 0 Å². The first kappa shape index (κ1) is 10.9. The number of hydrogen-bond donors (Lipinski definition) is 0. The number of nitrogens with zero attached hydrogens (tertiary/aromatic N) is 1. The lowest BCUT2D eigenvalue weighted by molar-refractivity contribution is 0.686. The first-order chi connectivity index (χ1) is 6.56. The van der Waals surface area contributed by atoms with Crippen molar-refractivity contribution >= 4 is 10.8 Å². The third-order valence-corrected chi connectivity index (χ3v) is 3.02. The maximum atomic E-state index is 11.2. The largest absolute Gasteiger partial charge is 0.255 e. The van der Waals surface area contributed by atoms with Crippen molar-refractivity contribution in [3.05, 3.63) is 29.3 Å². The molecular formula is C11H13NOS. The molecule has 3 heteroatoms. The fourth-order valence-electron chi connectivity index (χ4n) is 1.30. The van der Waals surface area contributed by atoms with Crippen molar-refractivity contribution in [2.45, 2.75) is 24.7 Å². The molecule has 1 unspecified atom stereocenters. The first-order valence-electron chi connectivity index (χ1n) is 4.43. The van der Waals surface area contributed by atoms with Crippen molar-refractivity contribution < 1.29 is 4.21 Å². The van der Waals surface area contributed by atoms with Crippen LogP contribution in [-0.4, -0.2) is 10.5 Å². The zero-order chi connectivity index (χ0) is 10.7. The van der Waals surface area contributed by atoms with Gasteiger partial charge in [-0.05, 0) is 29.7 Å². The SMILES string of the molecule is CC(C)c1cc(S(C)=O)ccc1C#N. The molecule has 0 fully saturated rings. The Kier molecular flexibility index (Phi) is 3.43. The Balaban J connectivity index is 3.29. The normalized spacial score (nSPS) is 12.5. The van der Waals surface area contributed by atoms with Crippen LogP contribution in [0.2, 0.25) is 0 Å². The maximum Gasteiger partial charge on any atom is 0.0994 e. The number of hydrogen-bond acceptors (Lipinski definition) is 2. The second-order valence-electron chi connectivity index (χ2n) is 3.47. The zero-order valence-electron chi connectivity index (χ0n) is 8.57. The van der Waals surface area contributed by atoms with Gasteiger partial charge < -0.3 is 0 Å². The quantitative estimate of drug-likeness (QED) is 0.747. The molecule has 1 aromatic carbocycles. The summed E-state index contributed by atoms with van der Waals surface area (Å²) in [5.74, 6) is 0.285. The molecular weight excluding hydrogens is 194 g/mol. The molecule has 0 spiro atoms. The number of nitriles is 1. The van der Waals surface area contributed by atoms with Crippen LogP contribution in [0.15, 0.2) is 23.1 Å². The van der Waals surface area contributed by atoms with E-state index in [9.17, 15) is 4.21 Å². The third kappa shape index (κ3) is 2.21. The van der Waals surface area contributed by atoms with E-state index in [0.29, 0.717) is 5.56 Å². The fourth-order valence-corrected chi connectivity index (χ4v) is 1.85. The first-order valence-corrected chi connectivity index (χ1v) is 5.99. The summed E-state index contributed by atoms with van der Waals surface area (Å²) in [6, 6.07) is 7.50. The van der Waals surface area contributed by atoms with E-state index in [1.54, 1.807) is 18.4 Å². The molecule has 74 valence electrons. The van der Waals surface area contributed by atoms with Crippen LogP contribution in [0.25, 0.3) is 0 Å². The highest BCUT2D eigenvalue weighted by Gasteiger charge is 2.08. The number of benzene rings is 1. The van der Waals surface area contributed by atoms with Gasteiger partial charge in [-0.1, -0.05) is 13.8 Å². The summed E-state index contributed by atoms with van der Waals surface area (Å²) in [6.45, 7) is 4.05. The van der Waals surface area contributed by atoms with E-state index in [0.717, 1.165) is 10.5 Å². The van der Waals surface area contributed by atoms with E-state index >= 15 is 0 Å². The highest BCUT2D eigenvalue weighted by Crippen LogP contribution is 2.21. The molecule has 0 aliphatic rings. The van der Waals surface area contributed by atoms with Crippen LogP contribution in [0.4, 0.5) is 0 Å². The van der Waals surface area contributed by atoms with Crippen LogP contribution >= 0.6 is 0 Å². The van der Waals surface area contributed by atoms with Gasteiger partial charge in [0.15, 0.2) is 0 Å². The van der Waals surface area contributed by atoms with Crippen molar-refractivity contribution in [2.24, 2.45) is 0 Å². The monoisotopic (exact) mass is 207 g/mol. The van der Waals surface area contributed by atoms with Gasteiger partial charge in [0.25, 0.3) is 0 Å². The topological polar surface area (TPSA) is 40.9 Å². The molecule has 0 aliphatic carbocycles. The second-order valence-corrected chi connectivity index (χ2v) is 4.85. The van der Waals surface area contributed by atoms with Crippen molar-refractivity contribution in [1.29, 1.82) is 5.26 Å². The van der Waals surface area contributed by atoms with E-state index in [1.807, 2.05) is 19.9 Å². The summed E-state index contributed by atoms with van der Waals surface area (Å²) >= 11 is 0. The number of rotatable bonds is 2. The van der Waals surface area contributed by atoms with Crippen molar-refractivity contribution in [3.8, 4) is 6.07 Å². The van der Waals surface area contributed by atoms with Crippen LogP contribution in [-0.2, 0) is 10.8 Å². The molecule has 14 heavy (non-hydrogen) atoms. The maximum absolute atomic E-state index is 11.2. The molecule has 1 rings (SSSR count). The summed E-state index contributed by atoms with van der Waals surface area (Å²) in [4.78, 5) is 0.785. The van der Waals surface area contributed by atoms with Crippen LogP contribution in [0.1, 0.15) is 30.9 Å². The fraction of sp³-hybridized carbons (Fsp3) is 0.364. The molecule has 0 heterocycles. The van der Waals surface area contributed by atoms with Crippen LogP contribution in [0.3, 0.4) is 0 Å². The lowest BCUT2D eigenvalue weighted by Crippen LogP contribution is -1.96. The van der Waals surface area contributed by atoms with Gasteiger partial charge in [-0.15, -0.1) is 0 Å². The lowest BCUT2D eigenvalue weighted by atomic mass is 9.98. The molecule has 0 N–H and O–H groups in total. The Morgan fingerprint density at radius 1 is 1.43 bits per heavy atom. The molecule has 2 nitrogen and oxygen atoms in total. The minimum atomic E-state index is -0.975. The van der Waals surface area contributed by atoms with E-state index in [4.69, 9.17) is 5.26 Å². The van der Waals surface area contributed by atoms with Crippen LogP contribution < -0.4 is 0 Å². The minimum absolute atomic E-state index is 0.285. The van der Waals surface area contributed by atoms with Gasteiger partial charge in [0.05, 0.1) is 11.6 Å². The molecule has 0 bridgehead atoms. The smallest absolute Gasteiger partial charge is 0.0994 e. The third-order valence-electron chi connectivity index (χ3n) is 2.10. The Morgan fingerprint density at radius 3 is 2.50 bits per heavy atom. The van der Waals surface area contributed by atoms with E-state index in [1.165, 1.54) is 0 Å². The Labute approximate surface area is 87.0 Å². The zero-order valence-corrected chi connectivity index (χ0v) is 9.39. The van der Waals surface area contributed by atoms with Gasteiger partial charge >= 0.3 is 0 Å². The van der Waals surface area contributed by atoms with E-state index in [2.05, 4.69) is 6.07 Å². The highest BCUT2D eigenvalue weighted by molar-refractivity contribution is 7.84. The van der Waals surface area contributed by atoms with Gasteiger partial charge in [0.2, 0.25) is 0 Å². The second kappa shape index (κ2) is 4.39. The van der Waals surface area contributed by atoms with Crippen LogP contribution in [0, 0.1) is 11.3 Å². The molecule has 0 aliphatic heterocycles. The standard InChI is InChI=1S/C11H13NOS/c1-8(2)11-6-10(14(3)13)5-4-9(11)7-12/h4-6,8H,1-3H3. The molecule has 1 atom stereocenters. The summed E-state index contributed by atoms with van der Waals surface area (Å²) in [5.41, 5.74) is 1.65. The highest BCUT2D eigenvalue weighted by atomic mass is 32.2. The Hall–Kier alpha value is -1.14. The predicted molar refractivity (Wildman–Crippen MR) is 57.6 cm³/mol. The van der Waals surface area contributed by atoms with Crippen LogP contribution in [0.5, 0.6) is 0 Å². The summed E-state index contributed by atoms with van der Waals surface area (Å²) in [6.07, 6.45) is 1.64. The average molecular weight is 207 g/mol. The van der Waals surface area contributed by atoms with Gasteiger partial charge in [-0.2, -0.15) is 5.26 Å². The summed E-state index contributed by atoms with van der Waals surface area (Å²) < 4.78 is 11.2. The predicted octanol–water partition coefficient (Wildman–Crippen LogP) is 2.42. The van der Waals surface area contributed by atoms with Gasteiger partial charge in [-0.3, -0.25) is 4.21 Å². The van der Waals surface area contributed by atoms with Gasteiger partial charge in [-0.25, -0.2) is 0 Å². The van der Waals surface area contributed by atoms with Crippen molar-refractivity contribution in [2.75, 3.05) is 6.26 Å². The molecule has 1 aromatic rings. The Morgan fingerprint density at radius 2 is 2.07 bits per heavy atom. The minimum Gasteiger partial charge on any atom is -0.255 e. The van der Waals surface area contributed by atoms with Crippen molar-refractivity contribution in [3.63, 3.8) is 0 Å².